The molecule has 2 nitrogen and oxygen atoms in total. The zero-order valence-electron chi connectivity index (χ0n) is 12.3. The molecule has 0 aliphatic heterocycles. The number of rotatable bonds is 5. The van der Waals surface area contributed by atoms with Crippen molar-refractivity contribution in [2.24, 2.45) is 0 Å². The Labute approximate surface area is 133 Å². The van der Waals surface area contributed by atoms with E-state index in [9.17, 15) is 4.39 Å². The largest absolute Gasteiger partial charge is 0.490 e. The summed E-state index contributed by atoms with van der Waals surface area (Å²) in [5.41, 5.74) is 2.21. The molecule has 112 valence electrons. The summed E-state index contributed by atoms with van der Waals surface area (Å²) in [5, 5.41) is 2.14. The number of aromatic nitrogens is 1. The van der Waals surface area contributed by atoms with Crippen LogP contribution < -0.4 is 4.74 Å². The number of benzene rings is 2. The molecule has 0 aliphatic carbocycles. The van der Waals surface area contributed by atoms with E-state index in [1.165, 1.54) is 17.0 Å². The normalized spacial score (nSPS) is 10.8. The second kappa shape index (κ2) is 6.79. The van der Waals surface area contributed by atoms with Crippen molar-refractivity contribution in [2.75, 3.05) is 12.4 Å². The minimum absolute atomic E-state index is 0.297. The molecule has 2 aromatic carbocycles. The molecule has 0 spiro atoms. The Balaban J connectivity index is 1.61. The molecule has 0 saturated carbocycles. The maximum absolute atomic E-state index is 13.4. The monoisotopic (exact) mass is 313 g/mol. The second-order valence-electron chi connectivity index (χ2n) is 4.92. The Morgan fingerprint density at radius 1 is 1.09 bits per heavy atom. The lowest BCUT2D eigenvalue weighted by Crippen LogP contribution is -2.02. The van der Waals surface area contributed by atoms with E-state index in [0.29, 0.717) is 12.4 Å². The van der Waals surface area contributed by atoms with Crippen LogP contribution in [0.1, 0.15) is 5.56 Å². The van der Waals surface area contributed by atoms with Crippen LogP contribution in [0.25, 0.3) is 10.9 Å². The van der Waals surface area contributed by atoms with E-state index in [4.69, 9.17) is 4.74 Å². The molecule has 0 radical (unpaired) electrons. The quantitative estimate of drug-likeness (QED) is 0.496. The summed E-state index contributed by atoms with van der Waals surface area (Å²) in [4.78, 5) is 4.63. The van der Waals surface area contributed by atoms with Gasteiger partial charge in [0.2, 0.25) is 0 Å². The summed E-state index contributed by atoms with van der Waals surface area (Å²) in [7, 11) is 0. The summed E-state index contributed by atoms with van der Waals surface area (Å²) >= 11 is 1.62. The summed E-state index contributed by atoms with van der Waals surface area (Å²) in [5.74, 6) is 0.692. The number of halogens is 1. The van der Waals surface area contributed by atoms with E-state index < -0.39 is 0 Å². The van der Waals surface area contributed by atoms with Gasteiger partial charge in [-0.3, -0.25) is 0 Å². The highest BCUT2D eigenvalue weighted by Gasteiger charge is 2.04. The van der Waals surface area contributed by atoms with Crippen molar-refractivity contribution in [1.29, 1.82) is 0 Å². The summed E-state index contributed by atoms with van der Waals surface area (Å²) in [6.45, 7) is 2.53. The van der Waals surface area contributed by atoms with Gasteiger partial charge in [0.15, 0.2) is 11.6 Å². The molecule has 3 rings (SSSR count). The van der Waals surface area contributed by atoms with E-state index in [1.807, 2.05) is 18.2 Å². The minimum Gasteiger partial charge on any atom is -0.490 e. The Morgan fingerprint density at radius 3 is 2.73 bits per heavy atom. The molecule has 0 aliphatic rings. The fourth-order valence-electron chi connectivity index (χ4n) is 2.25. The first-order chi connectivity index (χ1) is 10.7. The third kappa shape index (κ3) is 3.39. The maximum Gasteiger partial charge on any atom is 0.165 e. The highest BCUT2D eigenvalue weighted by molar-refractivity contribution is 7.99. The van der Waals surface area contributed by atoms with Crippen LogP contribution in [0.4, 0.5) is 4.39 Å². The Bertz CT molecular complexity index is 791. The van der Waals surface area contributed by atoms with Crippen LogP contribution >= 0.6 is 11.8 Å². The van der Waals surface area contributed by atoms with Gasteiger partial charge in [0.05, 0.1) is 17.1 Å². The average Bonchev–Trinajstić information content (AvgIpc) is 2.53. The van der Waals surface area contributed by atoms with Gasteiger partial charge in [0.25, 0.3) is 0 Å². The molecular weight excluding hydrogens is 297 g/mol. The van der Waals surface area contributed by atoms with Gasteiger partial charge in [0, 0.05) is 11.1 Å². The van der Waals surface area contributed by atoms with Crippen molar-refractivity contribution in [3.05, 3.63) is 66.0 Å². The van der Waals surface area contributed by atoms with Crippen LogP contribution in [0.5, 0.6) is 5.75 Å². The van der Waals surface area contributed by atoms with Crippen molar-refractivity contribution < 1.29 is 9.13 Å². The van der Waals surface area contributed by atoms with E-state index in [-0.39, 0.29) is 5.82 Å². The van der Waals surface area contributed by atoms with Crippen molar-refractivity contribution in [3.8, 4) is 5.75 Å². The summed E-state index contributed by atoms with van der Waals surface area (Å²) in [6.07, 6.45) is 0. The van der Waals surface area contributed by atoms with Crippen molar-refractivity contribution >= 4 is 22.7 Å². The van der Waals surface area contributed by atoms with Crippen LogP contribution in [-0.4, -0.2) is 17.3 Å². The molecule has 1 aromatic heterocycles. The Kier molecular flexibility index (Phi) is 4.59. The van der Waals surface area contributed by atoms with E-state index in [2.05, 4.69) is 24.0 Å². The van der Waals surface area contributed by atoms with Crippen molar-refractivity contribution in [2.45, 2.75) is 11.9 Å². The topological polar surface area (TPSA) is 22.1 Å². The zero-order chi connectivity index (χ0) is 15.4. The van der Waals surface area contributed by atoms with Gasteiger partial charge in [0.1, 0.15) is 0 Å². The molecule has 22 heavy (non-hydrogen) atoms. The van der Waals surface area contributed by atoms with Gasteiger partial charge in [-0.15, -0.1) is 11.8 Å². The lowest BCUT2D eigenvalue weighted by Gasteiger charge is -2.08. The third-order valence-corrected chi connectivity index (χ3v) is 4.20. The van der Waals surface area contributed by atoms with Gasteiger partial charge < -0.3 is 4.74 Å². The van der Waals surface area contributed by atoms with Gasteiger partial charge >= 0.3 is 0 Å². The predicted octanol–water partition coefficient (Wildman–Crippen LogP) is 4.85. The van der Waals surface area contributed by atoms with Gasteiger partial charge in [-0.1, -0.05) is 30.3 Å². The molecule has 4 heteroatoms. The van der Waals surface area contributed by atoms with Crippen molar-refractivity contribution in [1.82, 2.24) is 4.98 Å². The van der Waals surface area contributed by atoms with E-state index in [0.717, 1.165) is 16.3 Å². The summed E-state index contributed by atoms with van der Waals surface area (Å²) in [6, 6.07) is 16.6. The zero-order valence-corrected chi connectivity index (χ0v) is 13.1. The summed E-state index contributed by atoms with van der Waals surface area (Å²) < 4.78 is 18.9. The standard InChI is InChI=1S/C18H16FNOS/c1-13-12-18(20-16-8-4-2-6-14(13)16)22-11-10-21-17-9-5-3-7-15(17)19/h2-9,12H,10-11H2,1H3. The van der Waals surface area contributed by atoms with Gasteiger partial charge in [-0.2, -0.15) is 0 Å². The van der Waals surface area contributed by atoms with Gasteiger partial charge in [-0.05, 0) is 36.8 Å². The number of thioether (sulfide) groups is 1. The minimum atomic E-state index is -0.327. The van der Waals surface area contributed by atoms with Crippen molar-refractivity contribution in [3.63, 3.8) is 0 Å². The van der Waals surface area contributed by atoms with Gasteiger partial charge in [-0.25, -0.2) is 9.37 Å². The van der Waals surface area contributed by atoms with Crippen LogP contribution in [0.15, 0.2) is 59.6 Å². The molecule has 3 aromatic rings. The SMILES string of the molecule is Cc1cc(SCCOc2ccccc2F)nc2ccccc12. The first-order valence-electron chi connectivity index (χ1n) is 7.10. The van der Waals surface area contributed by atoms with E-state index in [1.54, 1.807) is 30.0 Å². The number of hydrogen-bond donors (Lipinski definition) is 0. The van der Waals surface area contributed by atoms with Crippen LogP contribution in [0.2, 0.25) is 0 Å². The highest BCUT2D eigenvalue weighted by atomic mass is 32.2. The Morgan fingerprint density at radius 2 is 1.86 bits per heavy atom. The predicted molar refractivity (Wildman–Crippen MR) is 89.1 cm³/mol. The molecular formula is C18H16FNOS. The highest BCUT2D eigenvalue weighted by Crippen LogP contribution is 2.24. The number of fused-ring (bicyclic) bond motifs is 1. The van der Waals surface area contributed by atoms with Crippen LogP contribution in [0, 0.1) is 12.7 Å². The number of ether oxygens (including phenoxy) is 1. The number of hydrogen-bond acceptors (Lipinski definition) is 3. The molecule has 1 heterocycles. The molecule has 0 bridgehead atoms. The molecule has 0 fully saturated rings. The number of pyridine rings is 1. The number of aryl methyl sites for hydroxylation is 1. The first kappa shape index (κ1) is 14.9. The average molecular weight is 313 g/mol. The third-order valence-electron chi connectivity index (χ3n) is 3.33. The molecule has 0 atom stereocenters. The molecule has 0 N–H and O–H groups in total. The first-order valence-corrected chi connectivity index (χ1v) is 8.09. The lowest BCUT2D eigenvalue weighted by molar-refractivity contribution is 0.325. The Hall–Kier alpha value is -2.07. The fourth-order valence-corrected chi connectivity index (χ4v) is 3.05. The number of para-hydroxylation sites is 2. The fraction of sp³-hybridized carbons (Fsp3) is 0.167. The lowest BCUT2D eigenvalue weighted by atomic mass is 10.1. The maximum atomic E-state index is 13.4. The molecule has 0 unspecified atom stereocenters. The van der Waals surface area contributed by atoms with Crippen LogP contribution in [-0.2, 0) is 0 Å². The van der Waals surface area contributed by atoms with Crippen LogP contribution in [0.3, 0.4) is 0 Å². The smallest absolute Gasteiger partial charge is 0.165 e. The molecule has 0 amide bonds. The second-order valence-corrected chi connectivity index (χ2v) is 6.04. The number of nitrogens with zero attached hydrogens (tertiary/aromatic N) is 1. The van der Waals surface area contributed by atoms with E-state index >= 15 is 0 Å². The molecule has 0 saturated heterocycles.